The van der Waals surface area contributed by atoms with Crippen molar-refractivity contribution in [2.45, 2.75) is 58.7 Å². The first-order chi connectivity index (χ1) is 22.9. The summed E-state index contributed by atoms with van der Waals surface area (Å²) in [6, 6.07) is 26.5. The second-order valence-corrected chi connectivity index (χ2v) is 15.0. The van der Waals surface area contributed by atoms with Crippen molar-refractivity contribution in [1.82, 2.24) is 0 Å². The number of anilines is 1. The summed E-state index contributed by atoms with van der Waals surface area (Å²) in [5, 5.41) is 12.5. The molecule has 0 aromatic heterocycles. The number of hydrogen-bond donors (Lipinski definition) is 3. The van der Waals surface area contributed by atoms with E-state index >= 15 is 0 Å². The van der Waals surface area contributed by atoms with Gasteiger partial charge in [0.05, 0.1) is 0 Å². The van der Waals surface area contributed by atoms with Gasteiger partial charge in [-0.3, -0.25) is 0 Å². The molecule has 4 aromatic rings. The van der Waals surface area contributed by atoms with Gasteiger partial charge in [-0.2, -0.15) is 0 Å². The van der Waals surface area contributed by atoms with Crippen molar-refractivity contribution in [1.29, 1.82) is 0 Å². The number of phenols is 1. The fourth-order valence-corrected chi connectivity index (χ4v) is 7.94. The molecule has 4 rings (SSSR count). The van der Waals surface area contributed by atoms with Gasteiger partial charge in [0, 0.05) is 0 Å². The number of halogens is 1. The summed E-state index contributed by atoms with van der Waals surface area (Å²) in [7, 11) is 0. The van der Waals surface area contributed by atoms with E-state index in [1.54, 1.807) is 0 Å². The Morgan fingerprint density at radius 1 is 0.875 bits per heavy atom. The van der Waals surface area contributed by atoms with Crippen LogP contribution in [0.3, 0.4) is 0 Å². The van der Waals surface area contributed by atoms with Crippen LogP contribution < -0.4 is 14.4 Å². The molecule has 3 N–H and O–H groups in total. The van der Waals surface area contributed by atoms with Gasteiger partial charge in [-0.05, 0) is 17.7 Å². The average Bonchev–Trinajstić information content (AvgIpc) is 3.04. The molecule has 12 heteroatoms. The standard InChI is InChI=1S/C36H37AsClNO9/c1-4-29(30-16-14-26(19-32(30)38)25-12-9-13-28(18-25)46-22-24-10-7-6-8-11-24)34(5-2)47-35(42)21-36(43)48-37(44,45)31-17-15-27(41)20-33(31)39-23(3)40/h6-20,29,34,41H,4-5,21-22H2,1-3H3,(H,39,40)(H,44,45). The Kier molecular flexibility index (Phi) is 12.5. The Hall–Kier alpha value is -4.50. The molecule has 3 unspecified atom stereocenters. The first-order valence-electron chi connectivity index (χ1n) is 15.3. The molecule has 0 bridgehead atoms. The van der Waals surface area contributed by atoms with Gasteiger partial charge in [0.2, 0.25) is 0 Å². The van der Waals surface area contributed by atoms with Gasteiger partial charge in [-0.15, -0.1) is 0 Å². The fraction of sp³-hybridized carbons (Fsp3) is 0.250. The zero-order valence-electron chi connectivity index (χ0n) is 26.7. The first-order valence-corrected chi connectivity index (χ1v) is 19.0. The average molecular weight is 738 g/mol. The Labute approximate surface area is 287 Å². The number of nitrogens with one attached hydrogen (secondary N) is 1. The van der Waals surface area contributed by atoms with Crippen LogP contribution in [0.4, 0.5) is 5.69 Å². The summed E-state index contributed by atoms with van der Waals surface area (Å²) in [6.45, 7) is 5.38. The third-order valence-corrected chi connectivity index (χ3v) is 10.9. The Morgan fingerprint density at radius 2 is 1.60 bits per heavy atom. The van der Waals surface area contributed by atoms with Crippen LogP contribution in [0.2, 0.25) is 5.02 Å². The fourth-order valence-electron chi connectivity index (χ4n) is 5.25. The van der Waals surface area contributed by atoms with Crippen LogP contribution in [-0.4, -0.2) is 47.3 Å². The molecule has 4 aromatic carbocycles. The van der Waals surface area contributed by atoms with Crippen molar-refractivity contribution in [3.8, 4) is 22.6 Å². The number of aromatic hydroxyl groups is 1. The van der Waals surface area contributed by atoms with Crippen LogP contribution in [-0.2, 0) is 33.2 Å². The van der Waals surface area contributed by atoms with E-state index in [1.807, 2.05) is 86.6 Å². The summed E-state index contributed by atoms with van der Waals surface area (Å²) in [6.07, 6.45) is -0.585. The SMILES string of the molecule is CCC(OC(=O)CC(=O)O[As](=O)(O)c1ccc(O)cc1NC(C)=O)C(CC)c1ccc(-c2cccc(OCc3ccccc3)c2)cc1Cl. The molecule has 0 radical (unpaired) electrons. The van der Waals surface area contributed by atoms with E-state index in [-0.39, 0.29) is 21.7 Å². The number of esters is 1. The van der Waals surface area contributed by atoms with Gasteiger partial charge in [-0.1, -0.05) is 42.5 Å². The monoisotopic (exact) mass is 737 g/mol. The number of phenolic OH excluding ortho intramolecular Hbond substituents is 1. The van der Waals surface area contributed by atoms with E-state index < -0.39 is 44.5 Å². The van der Waals surface area contributed by atoms with Gasteiger partial charge >= 0.3 is 211 Å². The third kappa shape index (κ3) is 9.76. The van der Waals surface area contributed by atoms with E-state index in [0.29, 0.717) is 24.5 Å². The van der Waals surface area contributed by atoms with Crippen LogP contribution in [0.15, 0.2) is 91.0 Å². The Balaban J connectivity index is 1.42. The number of rotatable bonds is 14. The van der Waals surface area contributed by atoms with Gasteiger partial charge in [0.1, 0.15) is 12.4 Å². The van der Waals surface area contributed by atoms with Crippen LogP contribution >= 0.6 is 11.6 Å². The van der Waals surface area contributed by atoms with Gasteiger partial charge in [0.15, 0.2) is 0 Å². The van der Waals surface area contributed by atoms with Crippen molar-refractivity contribution in [3.05, 3.63) is 107 Å². The number of carbonyl (C=O) groups is 3. The first kappa shape index (κ1) is 36.3. The molecule has 0 fully saturated rings. The van der Waals surface area contributed by atoms with Crippen LogP contribution in [0.25, 0.3) is 11.1 Å². The van der Waals surface area contributed by atoms with Crippen LogP contribution in [0.5, 0.6) is 11.5 Å². The molecule has 48 heavy (non-hydrogen) atoms. The quantitative estimate of drug-likeness (QED) is 0.0774. The van der Waals surface area contributed by atoms with Crippen molar-refractivity contribution in [2.75, 3.05) is 5.32 Å². The van der Waals surface area contributed by atoms with Crippen LogP contribution in [0.1, 0.15) is 57.1 Å². The molecule has 1 amide bonds. The Bertz CT molecular complexity index is 1810. The summed E-state index contributed by atoms with van der Waals surface area (Å²) in [5.41, 5.74) is 3.43. The van der Waals surface area contributed by atoms with Crippen molar-refractivity contribution < 1.29 is 40.5 Å². The van der Waals surface area contributed by atoms with E-state index in [0.717, 1.165) is 46.2 Å². The molecule has 252 valence electrons. The molecular weight excluding hydrogens is 701 g/mol. The van der Waals surface area contributed by atoms with Gasteiger partial charge in [-0.25, -0.2) is 0 Å². The zero-order chi connectivity index (χ0) is 34.8. The van der Waals surface area contributed by atoms with E-state index in [2.05, 4.69) is 5.32 Å². The predicted molar refractivity (Wildman–Crippen MR) is 182 cm³/mol. The number of benzene rings is 4. The van der Waals surface area contributed by atoms with E-state index in [1.165, 1.54) is 6.92 Å². The molecule has 0 aliphatic heterocycles. The molecule has 0 heterocycles. The molecule has 0 aliphatic rings. The van der Waals surface area contributed by atoms with E-state index in [9.17, 15) is 27.3 Å². The third-order valence-electron chi connectivity index (χ3n) is 7.50. The minimum absolute atomic E-state index is 0.188. The Morgan fingerprint density at radius 3 is 2.27 bits per heavy atom. The molecule has 0 saturated heterocycles. The number of carbonyl (C=O) groups excluding carboxylic acids is 3. The van der Waals surface area contributed by atoms with Crippen molar-refractivity contribution in [2.24, 2.45) is 0 Å². The van der Waals surface area contributed by atoms with Gasteiger partial charge < -0.3 is 4.74 Å². The molecule has 3 atom stereocenters. The maximum absolute atomic E-state index is 13.0. The van der Waals surface area contributed by atoms with Crippen molar-refractivity contribution >= 4 is 53.7 Å². The summed E-state index contributed by atoms with van der Waals surface area (Å²) in [5.74, 6) is -2.65. The summed E-state index contributed by atoms with van der Waals surface area (Å²) >= 11 is 1.19. The second kappa shape index (κ2) is 16.6. The maximum atomic E-state index is 13.0. The summed E-state index contributed by atoms with van der Waals surface area (Å²) < 4.78 is 39.6. The normalized spacial score (nSPS) is 13.4. The number of hydrogen-bond acceptors (Lipinski definition) is 8. The zero-order valence-corrected chi connectivity index (χ0v) is 29.4. The number of ether oxygens (including phenoxy) is 2. The molecule has 0 aliphatic carbocycles. The number of amides is 1. The topological polar surface area (TPSA) is 148 Å². The van der Waals surface area contributed by atoms with Gasteiger partial charge in [0.25, 0.3) is 0 Å². The van der Waals surface area contributed by atoms with Crippen molar-refractivity contribution in [3.63, 3.8) is 0 Å². The predicted octanol–water partition coefficient (Wildman–Crippen LogP) is 6.27. The second-order valence-electron chi connectivity index (χ2n) is 11.0. The molecular formula is C36H37AsClNO9. The molecule has 0 saturated carbocycles. The van der Waals surface area contributed by atoms with E-state index in [4.69, 9.17) is 24.8 Å². The molecule has 10 nitrogen and oxygen atoms in total. The summed E-state index contributed by atoms with van der Waals surface area (Å²) in [4.78, 5) is 36.9. The minimum atomic E-state index is -5.61. The molecule has 0 spiro atoms. The van der Waals surface area contributed by atoms with Crippen LogP contribution in [0, 0.1) is 0 Å².